The smallest absolute Gasteiger partial charge is 0.329 e. The van der Waals surface area contributed by atoms with Gasteiger partial charge in [-0.05, 0) is 24.1 Å². The summed E-state index contributed by atoms with van der Waals surface area (Å²) in [7, 11) is -4.18. The summed E-state index contributed by atoms with van der Waals surface area (Å²) in [5.74, 6) is -1.65. The molecule has 150 valence electrons. The lowest BCUT2D eigenvalue weighted by atomic mass is 10.1. The number of aromatic nitrogens is 3. The first-order valence-corrected chi connectivity index (χ1v) is 10.4. The molecule has 10 heteroatoms. The molecule has 29 heavy (non-hydrogen) atoms. The van der Waals surface area contributed by atoms with E-state index in [4.69, 9.17) is 9.79 Å². The molecule has 0 aliphatic heterocycles. The predicted octanol–water partition coefficient (Wildman–Crippen LogP) is 3.60. The van der Waals surface area contributed by atoms with Gasteiger partial charge in [0.05, 0.1) is 17.1 Å². The number of aryl methyl sites for hydroxylation is 1. The molecule has 0 saturated carbocycles. The van der Waals surface area contributed by atoms with Crippen molar-refractivity contribution in [1.82, 2.24) is 14.5 Å². The summed E-state index contributed by atoms with van der Waals surface area (Å²) in [6.45, 7) is 1.70. The third-order valence-electron chi connectivity index (χ3n) is 4.56. The van der Waals surface area contributed by atoms with E-state index in [0.717, 1.165) is 12.1 Å². The number of halogens is 2. The zero-order chi connectivity index (χ0) is 20.9. The van der Waals surface area contributed by atoms with E-state index in [2.05, 4.69) is 9.97 Å². The summed E-state index contributed by atoms with van der Waals surface area (Å²) < 4.78 is 41.1. The lowest BCUT2D eigenvalue weighted by Crippen LogP contribution is -2.01. The Morgan fingerprint density at radius 2 is 1.72 bits per heavy atom. The van der Waals surface area contributed by atoms with E-state index in [1.165, 1.54) is 4.57 Å². The van der Waals surface area contributed by atoms with Crippen molar-refractivity contribution in [2.24, 2.45) is 0 Å². The van der Waals surface area contributed by atoms with Crippen LogP contribution < -0.4 is 0 Å². The van der Waals surface area contributed by atoms with Crippen LogP contribution in [0.4, 0.5) is 8.78 Å². The average molecular weight is 419 g/mol. The summed E-state index contributed by atoms with van der Waals surface area (Å²) in [4.78, 5) is 26.3. The van der Waals surface area contributed by atoms with Crippen LogP contribution in [0.15, 0.2) is 36.4 Å². The summed E-state index contributed by atoms with van der Waals surface area (Å²) in [5, 5.41) is 10.5. The second-order valence-corrected chi connectivity index (χ2v) is 8.44. The molecule has 4 aromatic rings. The normalized spacial score (nSPS) is 12.2. The maximum absolute atomic E-state index is 14.5. The Kier molecular flexibility index (Phi) is 4.61. The molecular weight excluding hydrogens is 403 g/mol. The van der Waals surface area contributed by atoms with Gasteiger partial charge in [0, 0.05) is 12.6 Å². The number of hydrogen-bond donors (Lipinski definition) is 3. The number of nitrogens with zero attached hydrogens (tertiary/aromatic N) is 3. The molecule has 0 atom stereocenters. The van der Waals surface area contributed by atoms with E-state index in [1.54, 1.807) is 31.2 Å². The van der Waals surface area contributed by atoms with Gasteiger partial charge in [0.2, 0.25) is 5.88 Å². The van der Waals surface area contributed by atoms with E-state index in [1.807, 2.05) is 0 Å². The zero-order valence-corrected chi connectivity index (χ0v) is 16.1. The molecule has 7 nitrogen and oxygen atoms in total. The molecule has 0 aliphatic carbocycles. The van der Waals surface area contributed by atoms with Gasteiger partial charge < -0.3 is 19.5 Å². The molecule has 0 spiro atoms. The molecule has 0 unspecified atom stereocenters. The lowest BCUT2D eigenvalue weighted by Gasteiger charge is -2.10. The van der Waals surface area contributed by atoms with Gasteiger partial charge in [0.25, 0.3) is 0 Å². The highest BCUT2D eigenvalue weighted by atomic mass is 31.2. The van der Waals surface area contributed by atoms with Crippen molar-refractivity contribution in [2.75, 3.05) is 0 Å². The maximum atomic E-state index is 14.5. The van der Waals surface area contributed by atoms with Gasteiger partial charge in [-0.25, -0.2) is 13.8 Å². The van der Waals surface area contributed by atoms with Crippen molar-refractivity contribution in [1.29, 1.82) is 0 Å². The van der Waals surface area contributed by atoms with Crippen molar-refractivity contribution in [3.8, 4) is 5.88 Å². The first-order valence-electron chi connectivity index (χ1n) is 8.59. The first kappa shape index (κ1) is 19.4. The van der Waals surface area contributed by atoms with Crippen molar-refractivity contribution < 1.29 is 28.2 Å². The zero-order valence-electron chi connectivity index (χ0n) is 15.2. The third kappa shape index (κ3) is 3.72. The van der Waals surface area contributed by atoms with Crippen LogP contribution in [0.3, 0.4) is 0 Å². The van der Waals surface area contributed by atoms with Gasteiger partial charge in [0.15, 0.2) is 0 Å². The first-order chi connectivity index (χ1) is 13.6. The van der Waals surface area contributed by atoms with Crippen molar-refractivity contribution in [3.63, 3.8) is 0 Å². The van der Waals surface area contributed by atoms with Gasteiger partial charge in [-0.15, -0.1) is 0 Å². The SMILES string of the molecule is Cc1nc(O)c2c(n1)c1c(F)cc(F)cc1n2Cc1ccc(CP(=O)(O)O)cc1. The topological polar surface area (TPSA) is 108 Å². The fraction of sp³-hybridized carbons (Fsp3) is 0.158. The second-order valence-electron chi connectivity index (χ2n) is 6.80. The number of benzene rings is 2. The van der Waals surface area contributed by atoms with E-state index < -0.39 is 19.2 Å². The number of rotatable bonds is 4. The minimum Gasteiger partial charge on any atom is -0.492 e. The van der Waals surface area contributed by atoms with Crippen LogP contribution in [0.5, 0.6) is 5.88 Å². The number of aromatic hydroxyl groups is 1. The van der Waals surface area contributed by atoms with Crippen molar-refractivity contribution >= 4 is 29.5 Å². The molecule has 0 fully saturated rings. The molecule has 0 radical (unpaired) electrons. The second kappa shape index (κ2) is 6.88. The van der Waals surface area contributed by atoms with Crippen LogP contribution in [0.1, 0.15) is 17.0 Å². The van der Waals surface area contributed by atoms with Crippen molar-refractivity contribution in [3.05, 3.63) is 65.0 Å². The highest BCUT2D eigenvalue weighted by Crippen LogP contribution is 2.39. The quantitative estimate of drug-likeness (QED) is 0.436. The van der Waals surface area contributed by atoms with Crippen LogP contribution >= 0.6 is 7.60 Å². The van der Waals surface area contributed by atoms with Crippen LogP contribution in [0.25, 0.3) is 21.9 Å². The Morgan fingerprint density at radius 3 is 2.38 bits per heavy atom. The molecule has 2 aromatic carbocycles. The van der Waals surface area contributed by atoms with Gasteiger partial charge in [-0.3, -0.25) is 4.57 Å². The summed E-state index contributed by atoms with van der Waals surface area (Å²) in [6.07, 6.45) is -0.382. The standard InChI is InChI=1S/C19H16F2N3O4P/c1-10-22-17-16-14(21)6-13(20)7-15(16)24(18(17)19(25)23-10)8-11-2-4-12(5-3-11)9-29(26,27)28/h2-7H,8-9H2,1H3,(H,22,23,25)(H2,26,27,28). The van der Waals surface area contributed by atoms with E-state index in [0.29, 0.717) is 11.1 Å². The summed E-state index contributed by atoms with van der Waals surface area (Å²) in [5.41, 5.74) is 1.73. The van der Waals surface area contributed by atoms with Gasteiger partial charge in [-0.1, -0.05) is 24.3 Å². The molecule has 0 amide bonds. The predicted molar refractivity (Wildman–Crippen MR) is 103 cm³/mol. The molecule has 2 heterocycles. The molecule has 0 saturated heterocycles. The van der Waals surface area contributed by atoms with Crippen molar-refractivity contribution in [2.45, 2.75) is 19.6 Å². The summed E-state index contributed by atoms with van der Waals surface area (Å²) >= 11 is 0. The monoisotopic (exact) mass is 419 g/mol. The van der Waals surface area contributed by atoms with E-state index in [-0.39, 0.29) is 46.3 Å². The van der Waals surface area contributed by atoms with Gasteiger partial charge in [-0.2, -0.15) is 4.98 Å². The number of hydrogen-bond acceptors (Lipinski definition) is 4. The molecule has 0 bridgehead atoms. The lowest BCUT2D eigenvalue weighted by molar-refractivity contribution is 0.371. The average Bonchev–Trinajstić information content (AvgIpc) is 2.89. The van der Waals surface area contributed by atoms with E-state index >= 15 is 0 Å². The van der Waals surface area contributed by atoms with Gasteiger partial charge in [0.1, 0.15) is 28.5 Å². The largest absolute Gasteiger partial charge is 0.492 e. The Morgan fingerprint density at radius 1 is 1.07 bits per heavy atom. The third-order valence-corrected chi connectivity index (χ3v) is 5.34. The van der Waals surface area contributed by atoms with Gasteiger partial charge >= 0.3 is 7.60 Å². The Bertz CT molecular complexity index is 1300. The Hall–Kier alpha value is -2.87. The highest BCUT2D eigenvalue weighted by Gasteiger charge is 2.21. The molecule has 3 N–H and O–H groups in total. The molecule has 2 aromatic heterocycles. The number of fused-ring (bicyclic) bond motifs is 3. The maximum Gasteiger partial charge on any atom is 0.329 e. The minimum atomic E-state index is -4.18. The minimum absolute atomic E-state index is 0.0836. The van der Waals surface area contributed by atoms with Crippen LogP contribution in [0.2, 0.25) is 0 Å². The Labute approximate surface area is 163 Å². The molecular formula is C19H16F2N3O4P. The van der Waals surface area contributed by atoms with E-state index in [9.17, 15) is 18.5 Å². The highest BCUT2D eigenvalue weighted by molar-refractivity contribution is 7.50. The molecule has 0 aliphatic rings. The Balaban J connectivity index is 1.87. The fourth-order valence-electron chi connectivity index (χ4n) is 3.44. The van der Waals surface area contributed by atoms with Crippen LogP contribution in [-0.4, -0.2) is 29.4 Å². The molecule has 4 rings (SSSR count). The summed E-state index contributed by atoms with van der Waals surface area (Å²) in [6, 6.07) is 8.39. The fourth-order valence-corrected chi connectivity index (χ4v) is 4.12. The van der Waals surface area contributed by atoms with Crippen LogP contribution in [-0.2, 0) is 17.3 Å². The van der Waals surface area contributed by atoms with Crippen LogP contribution in [0, 0.1) is 18.6 Å².